The Morgan fingerprint density at radius 3 is 2.33 bits per heavy atom. The van der Waals surface area contributed by atoms with E-state index in [0.29, 0.717) is 0 Å². The molecule has 0 fully saturated rings. The van der Waals surface area contributed by atoms with Crippen LogP contribution in [0.5, 0.6) is 0 Å². The van der Waals surface area contributed by atoms with Crippen LogP contribution >= 0.6 is 11.8 Å². The van der Waals surface area contributed by atoms with E-state index in [1.54, 1.807) is 6.21 Å². The van der Waals surface area contributed by atoms with Crippen molar-refractivity contribution in [2.24, 2.45) is 10.1 Å². The summed E-state index contributed by atoms with van der Waals surface area (Å²) in [4.78, 5) is 4.46. The zero-order valence-electron chi connectivity index (χ0n) is 11.8. The Hall–Kier alpha value is -2.33. The summed E-state index contributed by atoms with van der Waals surface area (Å²) in [5, 5.41) is 4.90. The molecule has 0 spiro atoms. The first-order valence-electron chi connectivity index (χ1n) is 6.57. The molecule has 0 unspecified atom stereocenters. The normalized spacial score (nSPS) is 12.1. The Morgan fingerprint density at radius 1 is 1.00 bits per heavy atom. The number of allylic oxidation sites excluding steroid dienone is 1. The van der Waals surface area contributed by atoms with Crippen LogP contribution in [0.25, 0.3) is 6.08 Å². The van der Waals surface area contributed by atoms with Crippen LogP contribution in [0.4, 0.5) is 5.69 Å². The first-order valence-corrected chi connectivity index (χ1v) is 7.79. The van der Waals surface area contributed by atoms with Crippen molar-refractivity contribution in [3.63, 3.8) is 0 Å². The van der Waals surface area contributed by atoms with Gasteiger partial charge in [-0.1, -0.05) is 66.4 Å². The number of nitrogens with zero attached hydrogens (tertiary/aromatic N) is 2. The Morgan fingerprint density at radius 2 is 1.67 bits per heavy atom. The Labute approximate surface area is 129 Å². The fourth-order valence-electron chi connectivity index (χ4n) is 1.59. The fraction of sp³-hybridized carbons (Fsp3) is 0.0588. The minimum Gasteiger partial charge on any atom is -0.256 e. The Balaban J connectivity index is 1.90. The van der Waals surface area contributed by atoms with E-state index < -0.39 is 0 Å². The lowest BCUT2D eigenvalue weighted by molar-refractivity contribution is 1.05. The molecule has 0 aliphatic rings. The van der Waals surface area contributed by atoms with Crippen LogP contribution in [0.3, 0.4) is 0 Å². The summed E-state index contributed by atoms with van der Waals surface area (Å²) in [6.07, 6.45) is 7.56. The SMILES string of the molecule is CSC(=Nc1ccccc1)N/N=C/C=C/c1ccccc1. The number of hydrazone groups is 1. The molecule has 0 radical (unpaired) electrons. The predicted octanol–water partition coefficient (Wildman–Crippen LogP) is 4.33. The minimum atomic E-state index is 0.755. The van der Waals surface area contributed by atoms with E-state index in [1.807, 2.05) is 79.1 Å². The molecule has 2 aromatic rings. The van der Waals surface area contributed by atoms with Gasteiger partial charge in [-0.05, 0) is 30.0 Å². The number of nitrogens with one attached hydrogen (secondary N) is 1. The maximum Gasteiger partial charge on any atom is 0.182 e. The number of hydrogen-bond acceptors (Lipinski definition) is 3. The molecule has 0 amide bonds. The number of amidine groups is 1. The molecule has 2 aromatic carbocycles. The minimum absolute atomic E-state index is 0.755. The van der Waals surface area contributed by atoms with Crippen molar-refractivity contribution in [1.29, 1.82) is 0 Å². The van der Waals surface area contributed by atoms with Crippen molar-refractivity contribution in [2.45, 2.75) is 0 Å². The van der Waals surface area contributed by atoms with E-state index in [4.69, 9.17) is 0 Å². The summed E-state index contributed by atoms with van der Waals surface area (Å²) in [6.45, 7) is 0. The van der Waals surface area contributed by atoms with Crippen LogP contribution in [-0.4, -0.2) is 17.6 Å². The van der Waals surface area contributed by atoms with Gasteiger partial charge in [-0.2, -0.15) is 5.10 Å². The molecule has 0 heterocycles. The van der Waals surface area contributed by atoms with E-state index in [1.165, 1.54) is 11.8 Å². The summed E-state index contributed by atoms with van der Waals surface area (Å²) in [6, 6.07) is 19.9. The molecule has 0 aliphatic heterocycles. The van der Waals surface area contributed by atoms with Gasteiger partial charge in [0, 0.05) is 6.21 Å². The largest absolute Gasteiger partial charge is 0.256 e. The van der Waals surface area contributed by atoms with Crippen molar-refractivity contribution >= 4 is 34.9 Å². The zero-order valence-corrected chi connectivity index (χ0v) is 12.6. The van der Waals surface area contributed by atoms with Crippen molar-refractivity contribution < 1.29 is 0 Å². The maximum absolute atomic E-state index is 4.46. The van der Waals surface area contributed by atoms with E-state index >= 15 is 0 Å². The summed E-state index contributed by atoms with van der Waals surface area (Å²) in [7, 11) is 0. The van der Waals surface area contributed by atoms with Gasteiger partial charge in [0.05, 0.1) is 5.69 Å². The van der Waals surface area contributed by atoms with Crippen LogP contribution in [0.2, 0.25) is 0 Å². The Kier molecular flexibility index (Phi) is 6.29. The highest BCUT2D eigenvalue weighted by Gasteiger charge is 1.94. The van der Waals surface area contributed by atoms with Gasteiger partial charge in [0.2, 0.25) is 0 Å². The van der Waals surface area contributed by atoms with Gasteiger partial charge < -0.3 is 0 Å². The van der Waals surface area contributed by atoms with E-state index in [9.17, 15) is 0 Å². The number of rotatable bonds is 4. The standard InChI is InChI=1S/C17H17N3S/c1-21-17(19-16-12-6-3-7-13-16)20-18-14-8-11-15-9-4-2-5-10-15/h2-14H,1H3,(H,19,20)/b11-8+,18-14+. The second kappa shape index (κ2) is 8.76. The van der Waals surface area contributed by atoms with Gasteiger partial charge >= 0.3 is 0 Å². The summed E-state index contributed by atoms with van der Waals surface area (Å²) >= 11 is 1.52. The molecular weight excluding hydrogens is 278 g/mol. The number of para-hydroxylation sites is 1. The first-order chi connectivity index (χ1) is 10.4. The lowest BCUT2D eigenvalue weighted by Gasteiger charge is -2.01. The quantitative estimate of drug-likeness (QED) is 0.518. The molecule has 0 atom stereocenters. The highest BCUT2D eigenvalue weighted by Crippen LogP contribution is 2.12. The highest BCUT2D eigenvalue weighted by atomic mass is 32.2. The molecular formula is C17H17N3S. The molecule has 4 heteroatoms. The van der Waals surface area contributed by atoms with Crippen molar-refractivity contribution in [1.82, 2.24) is 5.43 Å². The van der Waals surface area contributed by atoms with Crippen molar-refractivity contribution in [3.05, 3.63) is 72.3 Å². The van der Waals surface area contributed by atoms with E-state index in [2.05, 4.69) is 15.5 Å². The number of thioether (sulfide) groups is 1. The lowest BCUT2D eigenvalue weighted by atomic mass is 10.2. The van der Waals surface area contributed by atoms with Gasteiger partial charge in [0.15, 0.2) is 5.17 Å². The first kappa shape index (κ1) is 15.1. The van der Waals surface area contributed by atoms with Crippen LogP contribution in [0, 0.1) is 0 Å². The summed E-state index contributed by atoms with van der Waals surface area (Å²) in [5.41, 5.74) is 4.99. The lowest BCUT2D eigenvalue weighted by Crippen LogP contribution is -2.12. The second-order valence-electron chi connectivity index (χ2n) is 4.12. The van der Waals surface area contributed by atoms with Gasteiger partial charge in [-0.3, -0.25) is 5.43 Å². The highest BCUT2D eigenvalue weighted by molar-refractivity contribution is 8.13. The van der Waals surface area contributed by atoms with Gasteiger partial charge in [0.1, 0.15) is 0 Å². The third kappa shape index (κ3) is 5.67. The molecule has 3 nitrogen and oxygen atoms in total. The van der Waals surface area contributed by atoms with Gasteiger partial charge in [-0.15, -0.1) is 0 Å². The van der Waals surface area contributed by atoms with Crippen molar-refractivity contribution in [3.8, 4) is 0 Å². The summed E-state index contributed by atoms with van der Waals surface area (Å²) in [5.74, 6) is 0. The number of hydrogen-bond donors (Lipinski definition) is 1. The van der Waals surface area contributed by atoms with E-state index in [0.717, 1.165) is 16.4 Å². The van der Waals surface area contributed by atoms with Gasteiger partial charge in [0.25, 0.3) is 0 Å². The van der Waals surface area contributed by atoms with Crippen LogP contribution in [0.1, 0.15) is 5.56 Å². The molecule has 0 saturated carbocycles. The van der Waals surface area contributed by atoms with Crippen molar-refractivity contribution in [2.75, 3.05) is 6.26 Å². The fourth-order valence-corrected chi connectivity index (χ4v) is 1.93. The molecule has 1 N–H and O–H groups in total. The molecule has 106 valence electrons. The predicted molar refractivity (Wildman–Crippen MR) is 94.2 cm³/mol. The Bertz CT molecular complexity index is 619. The maximum atomic E-state index is 4.46. The third-order valence-corrected chi connectivity index (χ3v) is 3.16. The molecule has 0 aliphatic carbocycles. The molecule has 0 bridgehead atoms. The number of aliphatic imine (C=N–C) groups is 1. The number of benzene rings is 2. The monoisotopic (exact) mass is 295 g/mol. The molecule has 2 rings (SSSR count). The molecule has 0 saturated heterocycles. The van der Waals surface area contributed by atoms with E-state index in [-0.39, 0.29) is 0 Å². The van der Waals surface area contributed by atoms with Gasteiger partial charge in [-0.25, -0.2) is 4.99 Å². The zero-order chi connectivity index (χ0) is 14.8. The van der Waals surface area contributed by atoms with Crippen LogP contribution in [0.15, 0.2) is 76.8 Å². The molecule has 0 aromatic heterocycles. The summed E-state index contributed by atoms with van der Waals surface area (Å²) < 4.78 is 0. The topological polar surface area (TPSA) is 36.8 Å². The third-order valence-electron chi connectivity index (χ3n) is 2.59. The smallest absolute Gasteiger partial charge is 0.182 e. The molecule has 21 heavy (non-hydrogen) atoms. The van der Waals surface area contributed by atoms with Crippen LogP contribution in [-0.2, 0) is 0 Å². The second-order valence-corrected chi connectivity index (χ2v) is 4.91. The average Bonchev–Trinajstić information content (AvgIpc) is 2.55. The van der Waals surface area contributed by atoms with Crippen LogP contribution < -0.4 is 5.43 Å². The average molecular weight is 295 g/mol.